The molecule has 0 radical (unpaired) electrons. The minimum atomic E-state index is 0.190. The van der Waals surface area contributed by atoms with E-state index in [0.29, 0.717) is 5.92 Å². The highest BCUT2D eigenvalue weighted by Gasteiger charge is 2.30. The number of hydrogen-bond acceptors (Lipinski definition) is 2. The third-order valence-electron chi connectivity index (χ3n) is 5.77. The van der Waals surface area contributed by atoms with Gasteiger partial charge in [0.2, 0.25) is 0 Å². The Balaban J connectivity index is 1.52. The zero-order valence-corrected chi connectivity index (χ0v) is 16.7. The molecule has 1 aliphatic carbocycles. The molecule has 0 heterocycles. The number of hydrogen-bond donors (Lipinski definition) is 0. The van der Waals surface area contributed by atoms with Gasteiger partial charge in [0.05, 0.1) is 7.11 Å². The summed E-state index contributed by atoms with van der Waals surface area (Å²) in [5.41, 5.74) is 5.01. The lowest BCUT2D eigenvalue weighted by molar-refractivity contribution is 0.129. The first-order valence-electron chi connectivity index (χ1n) is 10.2. The number of benzene rings is 3. The first-order chi connectivity index (χ1) is 13.7. The molecule has 4 rings (SSSR count). The SMILES string of the molecule is COc1ccccc1C1CCCCC1Oc1ccc(-c2ccc(C)cc2)cc1. The van der Waals surface area contributed by atoms with Gasteiger partial charge in [0.25, 0.3) is 0 Å². The van der Waals surface area contributed by atoms with Crippen molar-refractivity contribution in [3.05, 3.63) is 83.9 Å². The van der Waals surface area contributed by atoms with Gasteiger partial charge >= 0.3 is 0 Å². The Morgan fingerprint density at radius 2 is 1.39 bits per heavy atom. The van der Waals surface area contributed by atoms with Crippen molar-refractivity contribution in [2.24, 2.45) is 0 Å². The number of aryl methyl sites for hydroxylation is 1. The summed E-state index contributed by atoms with van der Waals surface area (Å²) < 4.78 is 12.1. The molecule has 0 saturated heterocycles. The van der Waals surface area contributed by atoms with E-state index in [1.54, 1.807) is 7.11 Å². The van der Waals surface area contributed by atoms with Crippen LogP contribution in [0.4, 0.5) is 0 Å². The molecule has 0 spiro atoms. The quantitative estimate of drug-likeness (QED) is 0.492. The predicted molar refractivity (Wildman–Crippen MR) is 115 cm³/mol. The Hall–Kier alpha value is -2.74. The van der Waals surface area contributed by atoms with Crippen LogP contribution in [0.25, 0.3) is 11.1 Å². The van der Waals surface area contributed by atoms with Gasteiger partial charge in [-0.05, 0) is 55.5 Å². The molecular weight excluding hydrogens is 344 g/mol. The molecule has 0 aromatic heterocycles. The van der Waals surface area contributed by atoms with Crippen molar-refractivity contribution in [1.82, 2.24) is 0 Å². The van der Waals surface area contributed by atoms with E-state index in [2.05, 4.69) is 73.7 Å². The van der Waals surface area contributed by atoms with Crippen molar-refractivity contribution in [3.63, 3.8) is 0 Å². The highest BCUT2D eigenvalue weighted by Crippen LogP contribution is 2.39. The van der Waals surface area contributed by atoms with Crippen molar-refractivity contribution in [3.8, 4) is 22.6 Å². The lowest BCUT2D eigenvalue weighted by Crippen LogP contribution is -2.29. The van der Waals surface area contributed by atoms with Gasteiger partial charge in [0.1, 0.15) is 17.6 Å². The van der Waals surface area contributed by atoms with Gasteiger partial charge in [-0.25, -0.2) is 0 Å². The number of ether oxygens (including phenoxy) is 2. The molecule has 2 nitrogen and oxygen atoms in total. The van der Waals surface area contributed by atoms with Crippen LogP contribution >= 0.6 is 0 Å². The van der Waals surface area contributed by atoms with E-state index < -0.39 is 0 Å². The van der Waals surface area contributed by atoms with E-state index in [1.165, 1.54) is 35.1 Å². The third-order valence-corrected chi connectivity index (χ3v) is 5.77. The maximum atomic E-state index is 6.48. The minimum Gasteiger partial charge on any atom is -0.496 e. The second kappa shape index (κ2) is 8.52. The summed E-state index contributed by atoms with van der Waals surface area (Å²) in [6.07, 6.45) is 4.89. The fourth-order valence-corrected chi connectivity index (χ4v) is 4.21. The number of para-hydroxylation sites is 1. The fourth-order valence-electron chi connectivity index (χ4n) is 4.21. The molecule has 3 aromatic carbocycles. The molecule has 0 bridgehead atoms. The average Bonchev–Trinajstić information content (AvgIpc) is 2.75. The van der Waals surface area contributed by atoms with Gasteiger partial charge in [-0.3, -0.25) is 0 Å². The first-order valence-corrected chi connectivity index (χ1v) is 10.2. The van der Waals surface area contributed by atoms with Gasteiger partial charge in [-0.15, -0.1) is 0 Å². The molecule has 2 unspecified atom stereocenters. The first kappa shape index (κ1) is 18.6. The fraction of sp³-hybridized carbons (Fsp3) is 0.308. The van der Waals surface area contributed by atoms with E-state index in [-0.39, 0.29) is 6.10 Å². The molecule has 2 atom stereocenters. The van der Waals surface area contributed by atoms with E-state index in [9.17, 15) is 0 Å². The minimum absolute atomic E-state index is 0.190. The van der Waals surface area contributed by atoms with Crippen molar-refractivity contribution in [2.75, 3.05) is 7.11 Å². The second-order valence-electron chi connectivity index (χ2n) is 7.68. The Morgan fingerprint density at radius 3 is 2.11 bits per heavy atom. The lowest BCUT2D eigenvalue weighted by Gasteiger charge is -2.33. The van der Waals surface area contributed by atoms with Crippen molar-refractivity contribution in [1.29, 1.82) is 0 Å². The summed E-state index contributed by atoms with van der Waals surface area (Å²) in [7, 11) is 1.75. The molecule has 144 valence electrons. The van der Waals surface area contributed by atoms with E-state index in [1.807, 2.05) is 6.07 Å². The smallest absolute Gasteiger partial charge is 0.122 e. The van der Waals surface area contributed by atoms with Crippen LogP contribution in [-0.4, -0.2) is 13.2 Å². The largest absolute Gasteiger partial charge is 0.496 e. The van der Waals surface area contributed by atoms with Crippen LogP contribution in [0.15, 0.2) is 72.8 Å². The molecule has 1 aliphatic rings. The second-order valence-corrected chi connectivity index (χ2v) is 7.68. The molecular formula is C26H28O2. The molecule has 0 N–H and O–H groups in total. The van der Waals surface area contributed by atoms with Crippen LogP contribution in [0.3, 0.4) is 0 Å². The maximum Gasteiger partial charge on any atom is 0.122 e. The zero-order valence-electron chi connectivity index (χ0n) is 16.7. The standard InChI is InChI=1S/C26H28O2/c1-19-11-13-20(14-12-19)21-15-17-22(18-16-21)28-26-10-6-4-8-24(26)23-7-3-5-9-25(23)27-2/h3,5,7,9,11-18,24,26H,4,6,8,10H2,1-2H3. The highest BCUT2D eigenvalue weighted by atomic mass is 16.5. The molecule has 28 heavy (non-hydrogen) atoms. The Labute approximate surface area is 168 Å². The molecule has 0 aliphatic heterocycles. The summed E-state index contributed by atoms with van der Waals surface area (Å²) in [6.45, 7) is 2.11. The Morgan fingerprint density at radius 1 is 0.750 bits per heavy atom. The maximum absolute atomic E-state index is 6.48. The molecule has 0 amide bonds. The summed E-state index contributed by atoms with van der Waals surface area (Å²) >= 11 is 0. The summed E-state index contributed by atoms with van der Waals surface area (Å²) in [4.78, 5) is 0. The van der Waals surface area contributed by atoms with Gasteiger partial charge < -0.3 is 9.47 Å². The van der Waals surface area contributed by atoms with E-state index in [0.717, 1.165) is 24.3 Å². The lowest BCUT2D eigenvalue weighted by atomic mass is 9.81. The molecule has 1 saturated carbocycles. The van der Waals surface area contributed by atoms with E-state index in [4.69, 9.17) is 9.47 Å². The summed E-state index contributed by atoms with van der Waals surface area (Å²) in [6, 6.07) is 25.5. The van der Waals surface area contributed by atoms with Crippen molar-refractivity contribution >= 4 is 0 Å². The van der Waals surface area contributed by atoms with Gasteiger partial charge in [-0.2, -0.15) is 0 Å². The molecule has 2 heteroatoms. The van der Waals surface area contributed by atoms with Gasteiger partial charge in [-0.1, -0.05) is 66.6 Å². The number of rotatable bonds is 5. The van der Waals surface area contributed by atoms with Crippen LogP contribution in [0, 0.1) is 6.92 Å². The molecule has 3 aromatic rings. The van der Waals surface area contributed by atoms with Crippen LogP contribution in [-0.2, 0) is 0 Å². The third kappa shape index (κ3) is 4.06. The monoisotopic (exact) mass is 372 g/mol. The van der Waals surface area contributed by atoms with E-state index >= 15 is 0 Å². The van der Waals surface area contributed by atoms with Crippen LogP contribution < -0.4 is 9.47 Å². The van der Waals surface area contributed by atoms with Gasteiger partial charge in [0, 0.05) is 11.5 Å². The van der Waals surface area contributed by atoms with Gasteiger partial charge in [0.15, 0.2) is 0 Å². The topological polar surface area (TPSA) is 18.5 Å². The van der Waals surface area contributed by atoms with Crippen LogP contribution in [0.5, 0.6) is 11.5 Å². The zero-order chi connectivity index (χ0) is 19.3. The highest BCUT2D eigenvalue weighted by molar-refractivity contribution is 5.64. The summed E-state index contributed by atoms with van der Waals surface area (Å²) in [5, 5.41) is 0. The number of methoxy groups -OCH3 is 1. The Bertz CT molecular complexity index is 896. The summed E-state index contributed by atoms with van der Waals surface area (Å²) in [5.74, 6) is 2.29. The molecule has 1 fully saturated rings. The predicted octanol–water partition coefficient (Wildman–Crippen LogP) is 6.78. The normalized spacial score (nSPS) is 19.2. The van der Waals surface area contributed by atoms with Crippen LogP contribution in [0.2, 0.25) is 0 Å². The van der Waals surface area contributed by atoms with Crippen molar-refractivity contribution in [2.45, 2.75) is 44.6 Å². The Kier molecular flexibility index (Phi) is 5.66. The van der Waals surface area contributed by atoms with Crippen LogP contribution in [0.1, 0.15) is 42.7 Å². The average molecular weight is 373 g/mol. The van der Waals surface area contributed by atoms with Crippen molar-refractivity contribution < 1.29 is 9.47 Å².